The first kappa shape index (κ1) is 14.4. The van der Waals surface area contributed by atoms with Crippen LogP contribution < -0.4 is 5.32 Å². The van der Waals surface area contributed by atoms with Crippen LogP contribution in [0, 0.1) is 0 Å². The van der Waals surface area contributed by atoms with Gasteiger partial charge in [-0.05, 0) is 19.3 Å². The van der Waals surface area contributed by atoms with Gasteiger partial charge in [0.1, 0.15) is 5.82 Å². The van der Waals surface area contributed by atoms with E-state index in [0.29, 0.717) is 12.1 Å². The Balaban J connectivity index is 1.34. The molecule has 1 aromatic rings. The minimum Gasteiger partial charge on any atom is -0.381 e. The predicted molar refractivity (Wildman–Crippen MR) is 82.8 cm³/mol. The fourth-order valence-corrected chi connectivity index (χ4v) is 4.04. The maximum absolute atomic E-state index is 6.22. The van der Waals surface area contributed by atoms with E-state index in [2.05, 4.69) is 20.2 Å². The number of ether oxygens (including phenoxy) is 2. The van der Waals surface area contributed by atoms with E-state index in [9.17, 15) is 0 Å². The Kier molecular flexibility index (Phi) is 3.98. The van der Waals surface area contributed by atoms with Crippen LogP contribution in [0.5, 0.6) is 0 Å². The Morgan fingerprint density at radius 2 is 2.18 bits per heavy atom. The molecule has 0 saturated carbocycles. The predicted octanol–water partition coefficient (Wildman–Crippen LogP) is 1.30. The molecule has 6 heteroatoms. The molecule has 3 aliphatic rings. The molecule has 1 N–H and O–H groups in total. The van der Waals surface area contributed by atoms with Crippen LogP contribution in [0.3, 0.4) is 0 Å². The average Bonchev–Trinajstić information content (AvgIpc) is 3.17. The number of hydrogen-bond donors (Lipinski definition) is 1. The van der Waals surface area contributed by atoms with Crippen molar-refractivity contribution in [2.75, 3.05) is 38.2 Å². The number of rotatable bonds is 3. The third-order valence-electron chi connectivity index (χ3n) is 5.18. The summed E-state index contributed by atoms with van der Waals surface area (Å²) in [5, 5.41) is 3.45. The molecule has 0 bridgehead atoms. The summed E-state index contributed by atoms with van der Waals surface area (Å²) in [5.74, 6) is 0.840. The molecule has 1 aromatic heterocycles. The van der Waals surface area contributed by atoms with Gasteiger partial charge in [-0.25, -0.2) is 4.98 Å². The molecule has 0 aromatic carbocycles. The highest BCUT2D eigenvalue weighted by Gasteiger charge is 2.47. The molecule has 4 rings (SSSR count). The highest BCUT2D eigenvalue weighted by Crippen LogP contribution is 2.37. The van der Waals surface area contributed by atoms with Gasteiger partial charge in [0.25, 0.3) is 0 Å². The number of hydrogen-bond acceptors (Lipinski definition) is 6. The smallest absolute Gasteiger partial charge is 0.144 e. The van der Waals surface area contributed by atoms with Crippen molar-refractivity contribution < 1.29 is 9.47 Å². The lowest BCUT2D eigenvalue weighted by Crippen LogP contribution is -2.41. The number of nitrogens with zero attached hydrogens (tertiary/aromatic N) is 3. The van der Waals surface area contributed by atoms with Gasteiger partial charge in [-0.2, -0.15) is 0 Å². The molecule has 1 spiro atoms. The van der Waals surface area contributed by atoms with Crippen molar-refractivity contribution in [3.05, 3.63) is 18.6 Å². The van der Waals surface area contributed by atoms with E-state index in [-0.39, 0.29) is 5.60 Å². The van der Waals surface area contributed by atoms with Crippen LogP contribution in [-0.4, -0.2) is 65.5 Å². The summed E-state index contributed by atoms with van der Waals surface area (Å²) in [7, 11) is 0. The van der Waals surface area contributed by atoms with Crippen LogP contribution in [0.15, 0.2) is 18.6 Å². The lowest BCUT2D eigenvalue weighted by atomic mass is 9.97. The van der Waals surface area contributed by atoms with Crippen molar-refractivity contribution in [2.24, 2.45) is 0 Å². The second kappa shape index (κ2) is 6.10. The molecular formula is C16H24N4O2. The van der Waals surface area contributed by atoms with Crippen molar-refractivity contribution in [1.82, 2.24) is 14.9 Å². The summed E-state index contributed by atoms with van der Waals surface area (Å²) < 4.78 is 11.7. The maximum atomic E-state index is 6.22. The molecule has 4 heterocycles. The van der Waals surface area contributed by atoms with E-state index in [1.807, 2.05) is 0 Å². The van der Waals surface area contributed by atoms with Crippen LogP contribution in [-0.2, 0) is 9.47 Å². The average molecular weight is 304 g/mol. The molecule has 22 heavy (non-hydrogen) atoms. The summed E-state index contributed by atoms with van der Waals surface area (Å²) in [6, 6.07) is 1.02. The number of nitrogens with one attached hydrogen (secondary N) is 1. The van der Waals surface area contributed by atoms with Gasteiger partial charge in [0, 0.05) is 51.2 Å². The minimum atomic E-state index is 0.0399. The molecule has 2 atom stereocenters. The molecular weight excluding hydrogens is 280 g/mol. The van der Waals surface area contributed by atoms with E-state index in [1.54, 1.807) is 18.6 Å². The number of aromatic nitrogens is 2. The largest absolute Gasteiger partial charge is 0.381 e. The van der Waals surface area contributed by atoms with Gasteiger partial charge in [0.05, 0.1) is 24.4 Å². The van der Waals surface area contributed by atoms with Crippen LogP contribution in [0.1, 0.15) is 25.7 Å². The molecule has 3 aliphatic heterocycles. The van der Waals surface area contributed by atoms with Gasteiger partial charge >= 0.3 is 0 Å². The van der Waals surface area contributed by atoms with E-state index in [4.69, 9.17) is 9.47 Å². The van der Waals surface area contributed by atoms with Gasteiger partial charge in [0.15, 0.2) is 0 Å². The van der Waals surface area contributed by atoms with Crippen molar-refractivity contribution in [3.8, 4) is 0 Å². The summed E-state index contributed by atoms with van der Waals surface area (Å²) in [5.41, 5.74) is 0.0399. The maximum Gasteiger partial charge on any atom is 0.144 e. The van der Waals surface area contributed by atoms with Crippen LogP contribution >= 0.6 is 0 Å². The monoisotopic (exact) mass is 304 g/mol. The Morgan fingerprint density at radius 3 is 3.00 bits per heavy atom. The first-order valence-electron chi connectivity index (χ1n) is 8.31. The van der Waals surface area contributed by atoms with Crippen LogP contribution in [0.2, 0.25) is 0 Å². The SMILES string of the molecule is c1cnc(NC2COC3(CCN(C4CCOCC4)C3)C2)cn1. The van der Waals surface area contributed by atoms with Gasteiger partial charge in [0.2, 0.25) is 0 Å². The van der Waals surface area contributed by atoms with Gasteiger partial charge in [-0.15, -0.1) is 0 Å². The third-order valence-corrected chi connectivity index (χ3v) is 5.18. The molecule has 2 unspecified atom stereocenters. The minimum absolute atomic E-state index is 0.0399. The standard InChI is InChI=1S/C16H24N4O2/c1-7-21-8-2-14(1)20-6-3-16(12-20)9-13(11-22-16)19-15-10-17-4-5-18-15/h4-5,10,13-14H,1-3,6-9,11-12H2,(H,18,19). The van der Waals surface area contributed by atoms with Crippen molar-refractivity contribution in [2.45, 2.75) is 43.4 Å². The van der Waals surface area contributed by atoms with E-state index in [1.165, 1.54) is 0 Å². The van der Waals surface area contributed by atoms with Crippen molar-refractivity contribution >= 4 is 5.82 Å². The molecule has 0 aliphatic carbocycles. The number of likely N-dealkylation sites (tertiary alicyclic amines) is 1. The fraction of sp³-hybridized carbons (Fsp3) is 0.750. The normalized spacial score (nSPS) is 33.5. The second-order valence-corrected chi connectivity index (χ2v) is 6.69. The molecule has 120 valence electrons. The highest BCUT2D eigenvalue weighted by atomic mass is 16.5. The van der Waals surface area contributed by atoms with Crippen LogP contribution in [0.25, 0.3) is 0 Å². The number of anilines is 1. The molecule has 0 amide bonds. The molecule has 6 nitrogen and oxygen atoms in total. The van der Waals surface area contributed by atoms with E-state index in [0.717, 1.165) is 64.4 Å². The summed E-state index contributed by atoms with van der Waals surface area (Å²) >= 11 is 0. The lowest BCUT2D eigenvalue weighted by molar-refractivity contribution is -0.00314. The Hall–Kier alpha value is -1.24. The van der Waals surface area contributed by atoms with Gasteiger partial charge < -0.3 is 14.8 Å². The summed E-state index contributed by atoms with van der Waals surface area (Å²) in [4.78, 5) is 11.0. The zero-order valence-electron chi connectivity index (χ0n) is 12.9. The zero-order chi connectivity index (χ0) is 14.8. The van der Waals surface area contributed by atoms with Gasteiger partial charge in [-0.3, -0.25) is 9.88 Å². The van der Waals surface area contributed by atoms with Crippen molar-refractivity contribution in [3.63, 3.8) is 0 Å². The zero-order valence-corrected chi connectivity index (χ0v) is 12.9. The Bertz CT molecular complexity index is 494. The Morgan fingerprint density at radius 1 is 1.27 bits per heavy atom. The molecule has 3 fully saturated rings. The summed E-state index contributed by atoms with van der Waals surface area (Å²) in [6.07, 6.45) is 9.71. The molecule has 0 radical (unpaired) electrons. The van der Waals surface area contributed by atoms with E-state index < -0.39 is 0 Å². The quantitative estimate of drug-likeness (QED) is 0.908. The van der Waals surface area contributed by atoms with Gasteiger partial charge in [-0.1, -0.05) is 0 Å². The first-order chi connectivity index (χ1) is 10.8. The highest BCUT2D eigenvalue weighted by molar-refractivity contribution is 5.32. The lowest BCUT2D eigenvalue weighted by Gasteiger charge is -2.32. The fourth-order valence-electron chi connectivity index (χ4n) is 4.04. The van der Waals surface area contributed by atoms with Crippen molar-refractivity contribution in [1.29, 1.82) is 0 Å². The summed E-state index contributed by atoms with van der Waals surface area (Å²) in [6.45, 7) is 4.80. The first-order valence-corrected chi connectivity index (χ1v) is 8.31. The van der Waals surface area contributed by atoms with Crippen LogP contribution in [0.4, 0.5) is 5.82 Å². The van der Waals surface area contributed by atoms with E-state index >= 15 is 0 Å². The topological polar surface area (TPSA) is 59.5 Å². The third kappa shape index (κ3) is 2.95. The second-order valence-electron chi connectivity index (χ2n) is 6.69. The Labute approximate surface area is 131 Å². The molecule has 3 saturated heterocycles.